The summed E-state index contributed by atoms with van der Waals surface area (Å²) in [6, 6.07) is 9.31. The molecule has 1 unspecified atom stereocenters. The Balaban J connectivity index is 1.46. The SMILES string of the molecule is O=C(Nc1ccncc1)NC1CCc2nnc(-c3ccc(F)cc3)n2C1. The second-order valence-corrected chi connectivity index (χ2v) is 6.13. The Morgan fingerprint density at radius 3 is 2.65 bits per heavy atom. The van der Waals surface area contributed by atoms with Gasteiger partial charge in [-0.1, -0.05) is 0 Å². The van der Waals surface area contributed by atoms with Gasteiger partial charge in [0, 0.05) is 42.7 Å². The molecule has 2 N–H and O–H groups in total. The fourth-order valence-corrected chi connectivity index (χ4v) is 3.05. The smallest absolute Gasteiger partial charge is 0.319 e. The lowest BCUT2D eigenvalue weighted by molar-refractivity contribution is 0.244. The number of anilines is 1. The number of aromatic nitrogens is 4. The summed E-state index contributed by atoms with van der Waals surface area (Å²) in [7, 11) is 0. The van der Waals surface area contributed by atoms with Crippen LogP contribution in [0.2, 0.25) is 0 Å². The molecule has 2 aromatic heterocycles. The summed E-state index contributed by atoms with van der Waals surface area (Å²) in [4.78, 5) is 16.1. The van der Waals surface area contributed by atoms with Crippen LogP contribution in [0.4, 0.5) is 14.9 Å². The number of rotatable bonds is 3. The van der Waals surface area contributed by atoms with Crippen LogP contribution >= 0.6 is 0 Å². The third kappa shape index (κ3) is 3.39. The molecule has 132 valence electrons. The van der Waals surface area contributed by atoms with Gasteiger partial charge in [0.05, 0.1) is 0 Å². The van der Waals surface area contributed by atoms with Gasteiger partial charge in [-0.05, 0) is 42.8 Å². The predicted octanol–water partition coefficient (Wildman–Crippen LogP) is 2.62. The highest BCUT2D eigenvalue weighted by Crippen LogP contribution is 2.23. The highest BCUT2D eigenvalue weighted by Gasteiger charge is 2.24. The molecule has 0 bridgehead atoms. The molecular weight excluding hydrogens is 335 g/mol. The zero-order valence-corrected chi connectivity index (χ0v) is 13.9. The molecule has 4 rings (SSSR count). The van der Waals surface area contributed by atoms with Crippen LogP contribution in [0.5, 0.6) is 0 Å². The summed E-state index contributed by atoms with van der Waals surface area (Å²) in [6.45, 7) is 0.568. The van der Waals surface area contributed by atoms with E-state index in [0.717, 1.165) is 17.8 Å². The maximum absolute atomic E-state index is 13.2. The van der Waals surface area contributed by atoms with E-state index >= 15 is 0 Å². The van der Waals surface area contributed by atoms with Crippen molar-refractivity contribution < 1.29 is 9.18 Å². The molecule has 0 radical (unpaired) electrons. The second-order valence-electron chi connectivity index (χ2n) is 6.13. The van der Waals surface area contributed by atoms with Crippen molar-refractivity contribution in [3.8, 4) is 11.4 Å². The first-order valence-electron chi connectivity index (χ1n) is 8.34. The van der Waals surface area contributed by atoms with E-state index in [9.17, 15) is 9.18 Å². The maximum Gasteiger partial charge on any atom is 0.319 e. The Labute approximate surface area is 149 Å². The molecule has 26 heavy (non-hydrogen) atoms. The van der Waals surface area contributed by atoms with Gasteiger partial charge in [-0.25, -0.2) is 9.18 Å². The van der Waals surface area contributed by atoms with Gasteiger partial charge < -0.3 is 15.2 Å². The summed E-state index contributed by atoms with van der Waals surface area (Å²) in [6.07, 6.45) is 4.74. The van der Waals surface area contributed by atoms with Crippen molar-refractivity contribution >= 4 is 11.7 Å². The Kier molecular flexibility index (Phi) is 4.30. The van der Waals surface area contributed by atoms with Gasteiger partial charge in [-0.15, -0.1) is 10.2 Å². The number of hydrogen-bond donors (Lipinski definition) is 2. The summed E-state index contributed by atoms with van der Waals surface area (Å²) >= 11 is 0. The van der Waals surface area contributed by atoms with Crippen LogP contribution in [0.15, 0.2) is 48.8 Å². The van der Waals surface area contributed by atoms with Crippen LogP contribution in [0.1, 0.15) is 12.2 Å². The molecule has 0 saturated heterocycles. The van der Waals surface area contributed by atoms with Gasteiger partial charge in [0.1, 0.15) is 11.6 Å². The number of nitrogens with zero attached hydrogens (tertiary/aromatic N) is 4. The number of benzene rings is 1. The van der Waals surface area contributed by atoms with E-state index in [0.29, 0.717) is 24.5 Å². The number of pyridine rings is 1. The number of fused-ring (bicyclic) bond motifs is 1. The van der Waals surface area contributed by atoms with Crippen molar-refractivity contribution in [2.75, 3.05) is 5.32 Å². The van der Waals surface area contributed by atoms with E-state index in [-0.39, 0.29) is 17.9 Å². The van der Waals surface area contributed by atoms with Crippen LogP contribution in [0.3, 0.4) is 0 Å². The van der Waals surface area contributed by atoms with Gasteiger partial charge in [-0.2, -0.15) is 0 Å². The molecule has 0 spiro atoms. The molecule has 7 nitrogen and oxygen atoms in total. The molecule has 1 aromatic carbocycles. The van der Waals surface area contributed by atoms with Crippen LogP contribution in [-0.2, 0) is 13.0 Å². The van der Waals surface area contributed by atoms with Crippen molar-refractivity contribution in [1.29, 1.82) is 0 Å². The van der Waals surface area contributed by atoms with Crippen molar-refractivity contribution in [3.05, 3.63) is 60.4 Å². The molecule has 1 aliphatic heterocycles. The highest BCUT2D eigenvalue weighted by atomic mass is 19.1. The minimum absolute atomic E-state index is 0.0421. The monoisotopic (exact) mass is 352 g/mol. The zero-order valence-electron chi connectivity index (χ0n) is 13.9. The van der Waals surface area contributed by atoms with Gasteiger partial charge in [0.2, 0.25) is 0 Å². The Morgan fingerprint density at radius 1 is 1.12 bits per heavy atom. The third-order valence-corrected chi connectivity index (χ3v) is 4.32. The van der Waals surface area contributed by atoms with Crippen LogP contribution in [0, 0.1) is 5.82 Å². The molecule has 3 heterocycles. The molecule has 0 fully saturated rings. The molecule has 0 saturated carbocycles. The number of aryl methyl sites for hydroxylation is 1. The Bertz CT molecular complexity index is 909. The average Bonchev–Trinajstić information content (AvgIpc) is 3.06. The first-order chi connectivity index (χ1) is 12.7. The third-order valence-electron chi connectivity index (χ3n) is 4.32. The molecule has 3 aromatic rings. The van der Waals surface area contributed by atoms with Gasteiger partial charge in [0.25, 0.3) is 0 Å². The summed E-state index contributed by atoms with van der Waals surface area (Å²) < 4.78 is 15.1. The average molecular weight is 352 g/mol. The van der Waals surface area contributed by atoms with Gasteiger partial charge >= 0.3 is 6.03 Å². The second kappa shape index (κ2) is 6.91. The van der Waals surface area contributed by atoms with Crippen LogP contribution < -0.4 is 10.6 Å². The lowest BCUT2D eigenvalue weighted by Gasteiger charge is -2.25. The fraction of sp³-hybridized carbons (Fsp3) is 0.222. The summed E-state index contributed by atoms with van der Waals surface area (Å²) in [5, 5.41) is 14.2. The van der Waals surface area contributed by atoms with Crippen molar-refractivity contribution in [3.63, 3.8) is 0 Å². The van der Waals surface area contributed by atoms with Crippen molar-refractivity contribution in [2.45, 2.75) is 25.4 Å². The van der Waals surface area contributed by atoms with E-state index in [4.69, 9.17) is 0 Å². The molecule has 0 aliphatic carbocycles. The van der Waals surface area contributed by atoms with E-state index in [1.54, 1.807) is 36.7 Å². The van der Waals surface area contributed by atoms with Crippen molar-refractivity contribution in [1.82, 2.24) is 25.1 Å². The molecular formula is C18H17FN6O. The standard InChI is InChI=1S/C18H17FN6O/c19-13-3-1-12(2-4-13)17-24-23-16-6-5-15(11-25(16)17)22-18(26)21-14-7-9-20-10-8-14/h1-4,7-10,15H,5-6,11H2,(H2,20,21,22,26). The summed E-state index contributed by atoms with van der Waals surface area (Å²) in [5.74, 6) is 1.26. The fourth-order valence-electron chi connectivity index (χ4n) is 3.05. The van der Waals surface area contributed by atoms with Gasteiger partial charge in [0.15, 0.2) is 5.82 Å². The molecule has 1 atom stereocenters. The maximum atomic E-state index is 13.2. The molecule has 2 amide bonds. The zero-order chi connectivity index (χ0) is 17.9. The number of carbonyl (C=O) groups excluding carboxylic acids is 1. The van der Waals surface area contributed by atoms with E-state index < -0.39 is 0 Å². The number of urea groups is 1. The van der Waals surface area contributed by atoms with Crippen molar-refractivity contribution in [2.24, 2.45) is 0 Å². The quantitative estimate of drug-likeness (QED) is 0.759. The predicted molar refractivity (Wildman–Crippen MR) is 93.9 cm³/mol. The number of carbonyl (C=O) groups is 1. The normalized spacial score (nSPS) is 16.0. The molecule has 1 aliphatic rings. The summed E-state index contributed by atoms with van der Waals surface area (Å²) in [5.41, 5.74) is 1.48. The highest BCUT2D eigenvalue weighted by molar-refractivity contribution is 5.89. The first-order valence-corrected chi connectivity index (χ1v) is 8.34. The topological polar surface area (TPSA) is 84.7 Å². The Morgan fingerprint density at radius 2 is 1.88 bits per heavy atom. The van der Waals surface area contributed by atoms with E-state index in [1.807, 2.05) is 4.57 Å². The number of amides is 2. The number of nitrogens with one attached hydrogen (secondary N) is 2. The van der Waals surface area contributed by atoms with Gasteiger partial charge in [-0.3, -0.25) is 4.98 Å². The lowest BCUT2D eigenvalue weighted by atomic mass is 10.1. The van der Waals surface area contributed by atoms with Crippen LogP contribution in [-0.4, -0.2) is 31.8 Å². The number of hydrogen-bond acceptors (Lipinski definition) is 4. The largest absolute Gasteiger partial charge is 0.333 e. The number of halogens is 1. The minimum Gasteiger partial charge on any atom is -0.333 e. The minimum atomic E-state index is -0.292. The molecule has 8 heteroatoms. The van der Waals surface area contributed by atoms with E-state index in [1.165, 1.54) is 12.1 Å². The van der Waals surface area contributed by atoms with E-state index in [2.05, 4.69) is 25.8 Å². The Hall–Kier alpha value is -3.29. The van der Waals surface area contributed by atoms with Crippen LogP contribution in [0.25, 0.3) is 11.4 Å². The first kappa shape index (κ1) is 16.2. The lowest BCUT2D eigenvalue weighted by Crippen LogP contribution is -2.43.